The van der Waals surface area contributed by atoms with Crippen molar-refractivity contribution in [3.63, 3.8) is 0 Å². The van der Waals surface area contributed by atoms with Crippen molar-refractivity contribution in [2.75, 3.05) is 16.2 Å². The molecule has 1 N–H and O–H groups in total. The van der Waals surface area contributed by atoms with Crippen molar-refractivity contribution in [2.45, 2.75) is 17.7 Å². The van der Waals surface area contributed by atoms with Crippen molar-refractivity contribution in [2.24, 2.45) is 0 Å². The molecule has 3 aromatic carbocycles. The van der Waals surface area contributed by atoms with Crippen LogP contribution in [0.5, 0.6) is 0 Å². The average Bonchev–Trinajstić information content (AvgIpc) is 2.73. The molecule has 30 heavy (non-hydrogen) atoms. The normalized spacial score (nSPS) is 13.6. The molecule has 3 aromatic rings. The van der Waals surface area contributed by atoms with Crippen LogP contribution in [0, 0.1) is 11.6 Å². The molecule has 0 unspecified atom stereocenters. The monoisotopic (exact) mass is 428 g/mol. The molecule has 0 bridgehead atoms. The summed E-state index contributed by atoms with van der Waals surface area (Å²) >= 11 is 0. The van der Waals surface area contributed by atoms with E-state index in [9.17, 15) is 22.0 Å². The summed E-state index contributed by atoms with van der Waals surface area (Å²) in [5.74, 6) is -2.43. The molecule has 1 amide bonds. The second-order valence-corrected chi connectivity index (χ2v) is 8.78. The fourth-order valence-corrected chi connectivity index (χ4v) is 5.04. The van der Waals surface area contributed by atoms with Crippen molar-refractivity contribution in [1.29, 1.82) is 0 Å². The minimum absolute atomic E-state index is 0.210. The zero-order valence-electron chi connectivity index (χ0n) is 15.8. The van der Waals surface area contributed by atoms with E-state index >= 15 is 0 Å². The molecule has 1 heterocycles. The predicted molar refractivity (Wildman–Crippen MR) is 110 cm³/mol. The zero-order chi connectivity index (χ0) is 21.3. The molecule has 0 radical (unpaired) electrons. The Morgan fingerprint density at radius 2 is 1.73 bits per heavy atom. The van der Waals surface area contributed by atoms with Crippen molar-refractivity contribution >= 4 is 27.3 Å². The van der Waals surface area contributed by atoms with Gasteiger partial charge in [-0.2, -0.15) is 0 Å². The molecule has 5 nitrogen and oxygen atoms in total. The molecule has 0 saturated heterocycles. The van der Waals surface area contributed by atoms with Gasteiger partial charge in [-0.05, 0) is 60.9 Å². The molecule has 0 fully saturated rings. The van der Waals surface area contributed by atoms with Gasteiger partial charge in [-0.15, -0.1) is 0 Å². The summed E-state index contributed by atoms with van der Waals surface area (Å²) in [7, 11) is -3.70. The summed E-state index contributed by atoms with van der Waals surface area (Å²) in [4.78, 5) is 12.6. The number of halogens is 2. The summed E-state index contributed by atoms with van der Waals surface area (Å²) in [5.41, 5.74) is 1.44. The number of carbonyl (C=O) groups excluding carboxylic acids is 1. The Kier molecular flexibility index (Phi) is 5.26. The van der Waals surface area contributed by atoms with Gasteiger partial charge in [0.1, 0.15) is 11.6 Å². The molecule has 154 valence electrons. The van der Waals surface area contributed by atoms with Crippen LogP contribution in [0.25, 0.3) is 0 Å². The maximum absolute atomic E-state index is 13.8. The standard InChI is InChI=1S/C22H18F2N2O3S/c23-16-8-10-19(20(24)14-16)22(27)25-17-9-11-21-15(13-17)5-4-12-26(21)30(28,29)18-6-2-1-3-7-18/h1-3,6-11,13-14H,4-5,12H2,(H,25,27). The Bertz CT molecular complexity index is 1210. The Hall–Kier alpha value is -3.26. The third kappa shape index (κ3) is 3.78. The third-order valence-corrected chi connectivity index (χ3v) is 6.75. The number of anilines is 2. The van der Waals surface area contributed by atoms with Gasteiger partial charge in [-0.3, -0.25) is 9.10 Å². The average molecular weight is 428 g/mol. The van der Waals surface area contributed by atoms with E-state index in [2.05, 4.69) is 5.32 Å². The minimum atomic E-state index is -3.70. The maximum atomic E-state index is 13.8. The van der Waals surface area contributed by atoms with E-state index in [4.69, 9.17) is 0 Å². The first-order valence-corrected chi connectivity index (χ1v) is 10.8. The van der Waals surface area contributed by atoms with Crippen LogP contribution in [0.2, 0.25) is 0 Å². The summed E-state index contributed by atoms with van der Waals surface area (Å²) < 4.78 is 54.4. The molecule has 0 aliphatic carbocycles. The van der Waals surface area contributed by atoms with Crippen LogP contribution < -0.4 is 9.62 Å². The highest BCUT2D eigenvalue weighted by molar-refractivity contribution is 7.92. The van der Waals surface area contributed by atoms with Crippen molar-refractivity contribution in [1.82, 2.24) is 0 Å². The Balaban J connectivity index is 1.61. The SMILES string of the molecule is O=C(Nc1ccc2c(c1)CCCN2S(=O)(=O)c1ccccc1)c1ccc(F)cc1F. The van der Waals surface area contributed by atoms with Gasteiger partial charge in [0, 0.05) is 18.3 Å². The van der Waals surface area contributed by atoms with E-state index in [1.807, 2.05) is 0 Å². The number of aryl methyl sites for hydroxylation is 1. The van der Waals surface area contributed by atoms with Crippen LogP contribution in [0.4, 0.5) is 20.2 Å². The van der Waals surface area contributed by atoms with Gasteiger partial charge < -0.3 is 5.32 Å². The Morgan fingerprint density at radius 3 is 2.47 bits per heavy atom. The molecule has 1 aliphatic heterocycles. The third-order valence-electron chi connectivity index (χ3n) is 4.92. The van der Waals surface area contributed by atoms with E-state index in [-0.39, 0.29) is 10.5 Å². The number of nitrogens with zero attached hydrogens (tertiary/aromatic N) is 1. The van der Waals surface area contributed by atoms with Crippen LogP contribution in [-0.2, 0) is 16.4 Å². The van der Waals surface area contributed by atoms with Crippen LogP contribution >= 0.6 is 0 Å². The van der Waals surface area contributed by atoms with Gasteiger partial charge in [-0.25, -0.2) is 17.2 Å². The number of hydrogen-bond acceptors (Lipinski definition) is 3. The minimum Gasteiger partial charge on any atom is -0.322 e. The van der Waals surface area contributed by atoms with E-state index in [1.165, 1.54) is 4.31 Å². The molecule has 8 heteroatoms. The van der Waals surface area contributed by atoms with E-state index in [1.54, 1.807) is 48.5 Å². The second kappa shape index (κ2) is 7.87. The van der Waals surface area contributed by atoms with Gasteiger partial charge in [0.15, 0.2) is 0 Å². The first kappa shape index (κ1) is 20.0. The molecule has 0 aromatic heterocycles. The molecule has 1 aliphatic rings. The fourth-order valence-electron chi connectivity index (χ4n) is 3.48. The number of fused-ring (bicyclic) bond motifs is 1. The Morgan fingerprint density at radius 1 is 0.967 bits per heavy atom. The van der Waals surface area contributed by atoms with Gasteiger partial charge in [0.2, 0.25) is 0 Å². The molecular formula is C22H18F2N2O3S. The quantitative estimate of drug-likeness (QED) is 0.672. The zero-order valence-corrected chi connectivity index (χ0v) is 16.6. The highest BCUT2D eigenvalue weighted by Crippen LogP contribution is 2.33. The number of benzene rings is 3. The lowest BCUT2D eigenvalue weighted by atomic mass is 10.0. The number of sulfonamides is 1. The molecule has 0 atom stereocenters. The smallest absolute Gasteiger partial charge is 0.264 e. The Labute approximate surface area is 173 Å². The summed E-state index contributed by atoms with van der Waals surface area (Å²) in [6, 6.07) is 15.8. The number of hydrogen-bond donors (Lipinski definition) is 1. The van der Waals surface area contributed by atoms with E-state index in [0.29, 0.717) is 36.8 Å². The summed E-state index contributed by atoms with van der Waals surface area (Å²) in [6.45, 7) is 0.358. The van der Waals surface area contributed by atoms with Gasteiger partial charge >= 0.3 is 0 Å². The van der Waals surface area contributed by atoms with Crippen molar-refractivity contribution in [3.05, 3.63) is 89.5 Å². The highest BCUT2D eigenvalue weighted by Gasteiger charge is 2.29. The summed E-state index contributed by atoms with van der Waals surface area (Å²) in [6.07, 6.45) is 1.27. The predicted octanol–water partition coefficient (Wildman–Crippen LogP) is 4.36. The number of carbonyl (C=O) groups is 1. The van der Waals surface area contributed by atoms with Gasteiger partial charge in [0.05, 0.1) is 16.1 Å². The molecule has 0 saturated carbocycles. The van der Waals surface area contributed by atoms with Gasteiger partial charge in [0.25, 0.3) is 15.9 Å². The topological polar surface area (TPSA) is 66.5 Å². The molecule has 0 spiro atoms. The first-order chi connectivity index (χ1) is 14.4. The lowest BCUT2D eigenvalue weighted by molar-refractivity contribution is 0.102. The molecule has 4 rings (SSSR count). The van der Waals surface area contributed by atoms with E-state index < -0.39 is 27.6 Å². The second-order valence-electron chi connectivity index (χ2n) is 6.92. The molecular weight excluding hydrogens is 410 g/mol. The summed E-state index contributed by atoms with van der Waals surface area (Å²) in [5, 5.41) is 2.58. The number of nitrogens with one attached hydrogen (secondary N) is 1. The highest BCUT2D eigenvalue weighted by atomic mass is 32.2. The van der Waals surface area contributed by atoms with Crippen LogP contribution in [0.1, 0.15) is 22.3 Å². The lowest BCUT2D eigenvalue weighted by Gasteiger charge is -2.30. The van der Waals surface area contributed by atoms with Gasteiger partial charge in [-0.1, -0.05) is 18.2 Å². The van der Waals surface area contributed by atoms with Crippen molar-refractivity contribution in [3.8, 4) is 0 Å². The van der Waals surface area contributed by atoms with Crippen LogP contribution in [0.3, 0.4) is 0 Å². The lowest BCUT2D eigenvalue weighted by Crippen LogP contribution is -2.35. The first-order valence-electron chi connectivity index (χ1n) is 9.33. The van der Waals surface area contributed by atoms with E-state index in [0.717, 1.165) is 17.7 Å². The number of amides is 1. The largest absolute Gasteiger partial charge is 0.322 e. The maximum Gasteiger partial charge on any atom is 0.264 e. The number of rotatable bonds is 4. The van der Waals surface area contributed by atoms with Crippen LogP contribution in [-0.4, -0.2) is 20.9 Å². The van der Waals surface area contributed by atoms with Crippen LogP contribution in [0.15, 0.2) is 71.6 Å². The fraction of sp³-hybridized carbons (Fsp3) is 0.136. The van der Waals surface area contributed by atoms with Crippen molar-refractivity contribution < 1.29 is 22.0 Å².